The first kappa shape index (κ1) is 17.7. The van der Waals surface area contributed by atoms with Crippen LogP contribution in [0.25, 0.3) is 5.69 Å². The standard InChI is InChI=1S/C17H20FN3O3/c1-4-11(2)20(10-16(22)23)17(24)15-9-19-21(12(15)3)14-7-5-13(18)6-8-14/h5-9,11H,4,10H2,1-3H3,(H,22,23). The third kappa shape index (κ3) is 3.61. The Hall–Kier alpha value is -2.70. The van der Waals surface area contributed by atoms with Gasteiger partial charge in [0.05, 0.1) is 23.1 Å². The van der Waals surface area contributed by atoms with Gasteiger partial charge >= 0.3 is 5.97 Å². The number of carbonyl (C=O) groups excluding carboxylic acids is 1. The molecule has 1 N–H and O–H groups in total. The number of hydrogen-bond acceptors (Lipinski definition) is 3. The number of carboxylic acid groups (broad SMARTS) is 1. The summed E-state index contributed by atoms with van der Waals surface area (Å²) in [6.07, 6.45) is 2.06. The van der Waals surface area contributed by atoms with Crippen LogP contribution in [0.15, 0.2) is 30.5 Å². The van der Waals surface area contributed by atoms with E-state index in [1.807, 2.05) is 6.92 Å². The first-order valence-corrected chi connectivity index (χ1v) is 7.68. The van der Waals surface area contributed by atoms with Crippen LogP contribution in [0.4, 0.5) is 4.39 Å². The van der Waals surface area contributed by atoms with Gasteiger partial charge in [0.25, 0.3) is 5.91 Å². The van der Waals surface area contributed by atoms with E-state index >= 15 is 0 Å². The van der Waals surface area contributed by atoms with E-state index in [0.29, 0.717) is 23.4 Å². The van der Waals surface area contributed by atoms with E-state index < -0.39 is 5.97 Å². The molecule has 0 aliphatic heterocycles. The fraction of sp³-hybridized carbons (Fsp3) is 0.353. The average Bonchev–Trinajstić information content (AvgIpc) is 2.93. The van der Waals surface area contributed by atoms with Crippen molar-refractivity contribution in [2.75, 3.05) is 6.54 Å². The van der Waals surface area contributed by atoms with Crippen LogP contribution in [0.5, 0.6) is 0 Å². The van der Waals surface area contributed by atoms with Gasteiger partial charge in [-0.2, -0.15) is 5.10 Å². The van der Waals surface area contributed by atoms with Gasteiger partial charge in [-0.05, 0) is 44.5 Å². The van der Waals surface area contributed by atoms with Crippen molar-refractivity contribution in [2.24, 2.45) is 0 Å². The Balaban J connectivity index is 2.36. The summed E-state index contributed by atoms with van der Waals surface area (Å²) in [5, 5.41) is 13.2. The van der Waals surface area contributed by atoms with Crippen LogP contribution in [0.2, 0.25) is 0 Å². The van der Waals surface area contributed by atoms with E-state index in [4.69, 9.17) is 5.11 Å². The first-order valence-electron chi connectivity index (χ1n) is 7.68. The highest BCUT2D eigenvalue weighted by atomic mass is 19.1. The van der Waals surface area contributed by atoms with Crippen molar-refractivity contribution in [2.45, 2.75) is 33.2 Å². The molecular weight excluding hydrogens is 313 g/mol. The Bertz CT molecular complexity index is 740. The van der Waals surface area contributed by atoms with E-state index in [1.54, 1.807) is 26.0 Å². The van der Waals surface area contributed by atoms with Gasteiger partial charge in [0.15, 0.2) is 0 Å². The average molecular weight is 333 g/mol. The van der Waals surface area contributed by atoms with Crippen LogP contribution in [0, 0.1) is 12.7 Å². The maximum atomic E-state index is 13.0. The van der Waals surface area contributed by atoms with Crippen molar-refractivity contribution in [3.8, 4) is 5.69 Å². The molecule has 0 aliphatic rings. The van der Waals surface area contributed by atoms with Gasteiger partial charge in [-0.1, -0.05) is 6.92 Å². The van der Waals surface area contributed by atoms with Crippen molar-refractivity contribution in [3.63, 3.8) is 0 Å². The quantitative estimate of drug-likeness (QED) is 0.882. The zero-order chi connectivity index (χ0) is 17.9. The number of aromatic nitrogens is 2. The molecule has 0 saturated heterocycles. The maximum absolute atomic E-state index is 13.0. The van der Waals surface area contributed by atoms with Crippen LogP contribution in [0.3, 0.4) is 0 Å². The minimum atomic E-state index is -1.06. The lowest BCUT2D eigenvalue weighted by Crippen LogP contribution is -2.42. The highest BCUT2D eigenvalue weighted by molar-refractivity contribution is 5.97. The van der Waals surface area contributed by atoms with Crippen LogP contribution in [-0.2, 0) is 4.79 Å². The minimum absolute atomic E-state index is 0.206. The van der Waals surface area contributed by atoms with Gasteiger partial charge < -0.3 is 10.0 Å². The van der Waals surface area contributed by atoms with Gasteiger partial charge in [-0.15, -0.1) is 0 Å². The third-order valence-electron chi connectivity index (χ3n) is 4.00. The molecule has 1 aromatic heterocycles. The maximum Gasteiger partial charge on any atom is 0.323 e. The summed E-state index contributed by atoms with van der Waals surface area (Å²) in [4.78, 5) is 25.1. The Morgan fingerprint density at radius 2 is 1.96 bits per heavy atom. The van der Waals surface area contributed by atoms with Crippen molar-refractivity contribution in [1.82, 2.24) is 14.7 Å². The third-order valence-corrected chi connectivity index (χ3v) is 4.00. The molecule has 1 atom stereocenters. The molecule has 128 valence electrons. The molecule has 1 unspecified atom stereocenters. The Morgan fingerprint density at radius 1 is 1.33 bits per heavy atom. The fourth-order valence-electron chi connectivity index (χ4n) is 2.41. The zero-order valence-corrected chi connectivity index (χ0v) is 13.9. The second kappa shape index (κ2) is 7.25. The highest BCUT2D eigenvalue weighted by Crippen LogP contribution is 2.18. The molecule has 0 bridgehead atoms. The molecule has 0 aliphatic carbocycles. The van der Waals surface area contributed by atoms with Gasteiger partial charge in [-0.3, -0.25) is 9.59 Å². The monoisotopic (exact) mass is 333 g/mol. The van der Waals surface area contributed by atoms with Crippen LogP contribution in [0.1, 0.15) is 36.3 Å². The van der Waals surface area contributed by atoms with Gasteiger partial charge in [-0.25, -0.2) is 9.07 Å². The second-order valence-corrected chi connectivity index (χ2v) is 5.62. The fourth-order valence-corrected chi connectivity index (χ4v) is 2.41. The Kier molecular flexibility index (Phi) is 5.33. The van der Waals surface area contributed by atoms with Crippen molar-refractivity contribution in [3.05, 3.63) is 47.5 Å². The minimum Gasteiger partial charge on any atom is -0.480 e. The lowest BCUT2D eigenvalue weighted by molar-refractivity contribution is -0.138. The van der Waals surface area contributed by atoms with Crippen molar-refractivity contribution >= 4 is 11.9 Å². The number of hydrogen-bond donors (Lipinski definition) is 1. The number of aliphatic carboxylic acids is 1. The summed E-state index contributed by atoms with van der Waals surface area (Å²) in [7, 11) is 0. The van der Waals surface area contributed by atoms with E-state index in [1.165, 1.54) is 27.9 Å². The number of carboxylic acids is 1. The van der Waals surface area contributed by atoms with Gasteiger partial charge in [0.2, 0.25) is 0 Å². The molecule has 7 heteroatoms. The number of halogens is 1. The Labute approximate surface area is 139 Å². The van der Waals surface area contributed by atoms with E-state index in [-0.39, 0.29) is 24.3 Å². The smallest absolute Gasteiger partial charge is 0.323 e. The topological polar surface area (TPSA) is 75.4 Å². The molecule has 0 fully saturated rings. The zero-order valence-electron chi connectivity index (χ0n) is 13.9. The van der Waals surface area contributed by atoms with Gasteiger partial charge in [0.1, 0.15) is 12.4 Å². The number of carbonyl (C=O) groups is 2. The number of rotatable bonds is 6. The molecule has 0 spiro atoms. The summed E-state index contributed by atoms with van der Waals surface area (Å²) < 4.78 is 14.6. The molecule has 6 nitrogen and oxygen atoms in total. The Morgan fingerprint density at radius 3 is 2.50 bits per heavy atom. The summed E-state index contributed by atoms with van der Waals surface area (Å²) >= 11 is 0. The van der Waals surface area contributed by atoms with Crippen LogP contribution >= 0.6 is 0 Å². The number of amides is 1. The molecule has 1 amide bonds. The van der Waals surface area contributed by atoms with E-state index in [2.05, 4.69) is 5.10 Å². The lowest BCUT2D eigenvalue weighted by atomic mass is 10.1. The summed E-state index contributed by atoms with van der Waals surface area (Å²) in [6.45, 7) is 5.05. The molecule has 2 rings (SSSR count). The molecule has 1 aromatic carbocycles. The molecule has 1 heterocycles. The van der Waals surface area contributed by atoms with E-state index in [9.17, 15) is 14.0 Å². The molecular formula is C17H20FN3O3. The second-order valence-electron chi connectivity index (χ2n) is 5.62. The number of nitrogens with zero attached hydrogens (tertiary/aromatic N) is 3. The largest absolute Gasteiger partial charge is 0.480 e. The van der Waals surface area contributed by atoms with Crippen molar-refractivity contribution in [1.29, 1.82) is 0 Å². The van der Waals surface area contributed by atoms with Crippen LogP contribution < -0.4 is 0 Å². The van der Waals surface area contributed by atoms with Crippen molar-refractivity contribution < 1.29 is 19.1 Å². The summed E-state index contributed by atoms with van der Waals surface area (Å²) in [6, 6.07) is 5.55. The molecule has 24 heavy (non-hydrogen) atoms. The van der Waals surface area contributed by atoms with Gasteiger partial charge in [0, 0.05) is 6.04 Å². The molecule has 2 aromatic rings. The van der Waals surface area contributed by atoms with Crippen LogP contribution in [-0.4, -0.2) is 44.3 Å². The van der Waals surface area contributed by atoms with E-state index in [0.717, 1.165) is 0 Å². The number of benzene rings is 1. The highest BCUT2D eigenvalue weighted by Gasteiger charge is 2.26. The SMILES string of the molecule is CCC(C)N(CC(=O)O)C(=O)c1cnn(-c2ccc(F)cc2)c1C. The predicted octanol–water partition coefficient (Wildman–Crippen LogP) is 2.65. The summed E-state index contributed by atoms with van der Waals surface area (Å²) in [5.41, 5.74) is 1.53. The molecule has 0 radical (unpaired) electrons. The summed E-state index contributed by atoms with van der Waals surface area (Å²) in [5.74, 6) is -1.80. The normalized spacial score (nSPS) is 12.0. The lowest BCUT2D eigenvalue weighted by Gasteiger charge is -2.26. The predicted molar refractivity (Wildman–Crippen MR) is 86.7 cm³/mol. The first-order chi connectivity index (χ1) is 11.3. The molecule has 0 saturated carbocycles.